The molecule has 0 amide bonds. The molecule has 2 N–H and O–H groups in total. The highest BCUT2D eigenvalue weighted by atomic mass is 35.5. The molecule has 0 bridgehead atoms. The Morgan fingerprint density at radius 2 is 2.17 bits per heavy atom. The highest BCUT2D eigenvalue weighted by Crippen LogP contribution is 2.31. The van der Waals surface area contributed by atoms with Crippen LogP contribution in [-0.2, 0) is 0 Å². The zero-order chi connectivity index (χ0) is 13.3. The van der Waals surface area contributed by atoms with Crippen molar-refractivity contribution in [3.05, 3.63) is 38.8 Å². The minimum atomic E-state index is -1.05. The first-order valence-corrected chi connectivity index (χ1v) is 6.47. The standard InChI is InChI=1S/C11H8Cl2N2O2S/c1-5-9(10(16)17)15-11(18-5)14-8-4-6(12)2-3-7(8)13/h2-4H,1H3,(H,14,15)(H,16,17). The lowest BCUT2D eigenvalue weighted by atomic mass is 10.3. The molecule has 0 saturated heterocycles. The first-order valence-electron chi connectivity index (χ1n) is 4.90. The number of carboxylic acids is 1. The number of nitrogens with zero attached hydrogens (tertiary/aromatic N) is 1. The van der Waals surface area contributed by atoms with Gasteiger partial charge in [0, 0.05) is 9.90 Å². The van der Waals surface area contributed by atoms with Gasteiger partial charge in [0.2, 0.25) is 0 Å². The summed E-state index contributed by atoms with van der Waals surface area (Å²) < 4.78 is 0. The summed E-state index contributed by atoms with van der Waals surface area (Å²) in [5.74, 6) is -1.05. The number of aromatic carboxylic acids is 1. The molecule has 0 spiro atoms. The van der Waals surface area contributed by atoms with E-state index in [4.69, 9.17) is 28.3 Å². The normalized spacial score (nSPS) is 10.4. The molecule has 2 aromatic rings. The van der Waals surface area contributed by atoms with E-state index in [1.54, 1.807) is 25.1 Å². The summed E-state index contributed by atoms with van der Waals surface area (Å²) in [6.45, 7) is 1.70. The molecule has 0 aliphatic heterocycles. The zero-order valence-corrected chi connectivity index (χ0v) is 11.5. The Balaban J connectivity index is 2.31. The van der Waals surface area contributed by atoms with Crippen molar-refractivity contribution < 1.29 is 9.90 Å². The molecule has 0 radical (unpaired) electrons. The highest BCUT2D eigenvalue weighted by Gasteiger charge is 2.14. The van der Waals surface area contributed by atoms with Gasteiger partial charge in [-0.2, -0.15) is 0 Å². The van der Waals surface area contributed by atoms with E-state index < -0.39 is 5.97 Å². The molecule has 0 aliphatic rings. The molecule has 0 fully saturated rings. The Kier molecular flexibility index (Phi) is 3.75. The van der Waals surface area contributed by atoms with E-state index in [0.717, 1.165) is 0 Å². The van der Waals surface area contributed by atoms with Gasteiger partial charge in [0.15, 0.2) is 10.8 Å². The van der Waals surface area contributed by atoms with E-state index in [0.29, 0.717) is 25.7 Å². The fourth-order valence-corrected chi connectivity index (χ4v) is 2.51. The number of halogens is 2. The number of carbonyl (C=O) groups is 1. The zero-order valence-electron chi connectivity index (χ0n) is 9.20. The minimum Gasteiger partial charge on any atom is -0.476 e. The van der Waals surface area contributed by atoms with Crippen molar-refractivity contribution in [2.75, 3.05) is 5.32 Å². The maximum absolute atomic E-state index is 10.9. The summed E-state index contributed by atoms with van der Waals surface area (Å²) >= 11 is 13.1. The molecule has 4 nitrogen and oxygen atoms in total. The van der Waals surface area contributed by atoms with Crippen molar-refractivity contribution in [1.29, 1.82) is 0 Å². The molecule has 0 unspecified atom stereocenters. The number of benzene rings is 1. The Bertz CT molecular complexity index is 613. The maximum atomic E-state index is 10.9. The minimum absolute atomic E-state index is 0.0423. The molecule has 0 aliphatic carbocycles. The molecule has 7 heteroatoms. The molecule has 1 aromatic carbocycles. The van der Waals surface area contributed by atoms with Crippen LogP contribution in [0.3, 0.4) is 0 Å². The van der Waals surface area contributed by atoms with Gasteiger partial charge in [0.25, 0.3) is 0 Å². The molecular weight excluding hydrogens is 295 g/mol. The second-order valence-corrected chi connectivity index (χ2v) is 5.52. The maximum Gasteiger partial charge on any atom is 0.355 e. The van der Waals surface area contributed by atoms with Crippen molar-refractivity contribution in [3.63, 3.8) is 0 Å². The summed E-state index contributed by atoms with van der Waals surface area (Å²) in [5.41, 5.74) is 0.635. The highest BCUT2D eigenvalue weighted by molar-refractivity contribution is 7.15. The third-order valence-electron chi connectivity index (χ3n) is 2.17. The molecular formula is C11H8Cl2N2O2S. The predicted molar refractivity (Wildman–Crippen MR) is 73.6 cm³/mol. The van der Waals surface area contributed by atoms with Crippen molar-refractivity contribution in [2.45, 2.75) is 6.92 Å². The quantitative estimate of drug-likeness (QED) is 0.892. The number of anilines is 2. The summed E-state index contributed by atoms with van der Waals surface area (Å²) in [5, 5.41) is 13.4. The number of aromatic nitrogens is 1. The number of rotatable bonds is 3. The Morgan fingerprint density at radius 3 is 2.78 bits per heavy atom. The van der Waals surface area contributed by atoms with Gasteiger partial charge in [-0.25, -0.2) is 9.78 Å². The van der Waals surface area contributed by atoms with Gasteiger partial charge in [-0.05, 0) is 25.1 Å². The van der Waals surface area contributed by atoms with Crippen molar-refractivity contribution in [3.8, 4) is 0 Å². The number of hydrogen-bond acceptors (Lipinski definition) is 4. The van der Waals surface area contributed by atoms with Gasteiger partial charge in [0.05, 0.1) is 10.7 Å². The lowest BCUT2D eigenvalue weighted by molar-refractivity contribution is 0.0690. The summed E-state index contributed by atoms with van der Waals surface area (Å²) in [7, 11) is 0. The molecule has 0 atom stereocenters. The lowest BCUT2D eigenvalue weighted by Crippen LogP contribution is -1.99. The van der Waals surface area contributed by atoms with E-state index in [2.05, 4.69) is 10.3 Å². The van der Waals surface area contributed by atoms with Crippen LogP contribution in [0, 0.1) is 6.92 Å². The van der Waals surface area contributed by atoms with Crippen LogP contribution >= 0.6 is 34.5 Å². The van der Waals surface area contributed by atoms with Gasteiger partial charge < -0.3 is 10.4 Å². The van der Waals surface area contributed by atoms with Crippen LogP contribution in [0.1, 0.15) is 15.4 Å². The van der Waals surface area contributed by atoms with Gasteiger partial charge in [-0.1, -0.05) is 23.2 Å². The summed E-state index contributed by atoms with van der Waals surface area (Å²) in [4.78, 5) is 15.5. The molecule has 18 heavy (non-hydrogen) atoms. The third-order valence-corrected chi connectivity index (χ3v) is 3.62. The number of aryl methyl sites for hydroxylation is 1. The fraction of sp³-hybridized carbons (Fsp3) is 0.0909. The molecule has 1 aromatic heterocycles. The summed E-state index contributed by atoms with van der Waals surface area (Å²) in [6, 6.07) is 4.98. The Hall–Kier alpha value is -1.30. The average Bonchev–Trinajstić information content (AvgIpc) is 2.65. The van der Waals surface area contributed by atoms with Crippen molar-refractivity contribution >= 4 is 51.3 Å². The van der Waals surface area contributed by atoms with E-state index in [9.17, 15) is 4.79 Å². The predicted octanol–water partition coefficient (Wildman–Crippen LogP) is 4.20. The van der Waals surface area contributed by atoms with Crippen LogP contribution in [0.4, 0.5) is 10.8 Å². The largest absolute Gasteiger partial charge is 0.476 e. The lowest BCUT2D eigenvalue weighted by Gasteiger charge is -2.05. The Labute approximate surface area is 117 Å². The molecule has 2 rings (SSSR count). The van der Waals surface area contributed by atoms with Crippen LogP contribution in [-0.4, -0.2) is 16.1 Å². The number of carboxylic acid groups (broad SMARTS) is 1. The van der Waals surface area contributed by atoms with Crippen LogP contribution in [0.15, 0.2) is 18.2 Å². The van der Waals surface area contributed by atoms with Crippen LogP contribution in [0.25, 0.3) is 0 Å². The topological polar surface area (TPSA) is 62.2 Å². The van der Waals surface area contributed by atoms with E-state index in [1.807, 2.05) is 0 Å². The SMILES string of the molecule is Cc1sc(Nc2cc(Cl)ccc2Cl)nc1C(=O)O. The number of nitrogens with one attached hydrogen (secondary N) is 1. The summed E-state index contributed by atoms with van der Waals surface area (Å²) in [6.07, 6.45) is 0. The van der Waals surface area contributed by atoms with Crippen LogP contribution < -0.4 is 5.32 Å². The Morgan fingerprint density at radius 1 is 1.44 bits per heavy atom. The van der Waals surface area contributed by atoms with Gasteiger partial charge in [-0.3, -0.25) is 0 Å². The first-order chi connectivity index (χ1) is 8.47. The van der Waals surface area contributed by atoms with E-state index in [1.165, 1.54) is 11.3 Å². The smallest absolute Gasteiger partial charge is 0.355 e. The van der Waals surface area contributed by atoms with Gasteiger partial charge in [-0.15, -0.1) is 11.3 Å². The third kappa shape index (κ3) is 2.75. The van der Waals surface area contributed by atoms with Crippen LogP contribution in [0.2, 0.25) is 10.0 Å². The van der Waals surface area contributed by atoms with Gasteiger partial charge in [0.1, 0.15) is 0 Å². The fourth-order valence-electron chi connectivity index (χ4n) is 1.36. The van der Waals surface area contributed by atoms with E-state index >= 15 is 0 Å². The van der Waals surface area contributed by atoms with Crippen molar-refractivity contribution in [2.24, 2.45) is 0 Å². The molecule has 0 saturated carbocycles. The first kappa shape index (κ1) is 13.1. The van der Waals surface area contributed by atoms with Crippen LogP contribution in [0.5, 0.6) is 0 Å². The number of hydrogen-bond donors (Lipinski definition) is 2. The van der Waals surface area contributed by atoms with E-state index in [-0.39, 0.29) is 5.69 Å². The second kappa shape index (κ2) is 5.14. The second-order valence-electron chi connectivity index (χ2n) is 3.48. The van der Waals surface area contributed by atoms with Crippen molar-refractivity contribution in [1.82, 2.24) is 4.98 Å². The molecule has 1 heterocycles. The molecule has 94 valence electrons. The monoisotopic (exact) mass is 302 g/mol. The van der Waals surface area contributed by atoms with Gasteiger partial charge >= 0.3 is 5.97 Å². The number of thiazole rings is 1. The average molecular weight is 303 g/mol.